The van der Waals surface area contributed by atoms with Gasteiger partial charge in [0.1, 0.15) is 12.7 Å². The zero-order valence-electron chi connectivity index (χ0n) is 30.6. The maximum atomic E-state index is 13.9. The Morgan fingerprint density at radius 3 is 1.43 bits per heavy atom. The van der Waals surface area contributed by atoms with Gasteiger partial charge in [0.2, 0.25) is 5.54 Å². The Bertz CT molecular complexity index is 1430. The van der Waals surface area contributed by atoms with Crippen LogP contribution in [0.4, 0.5) is 0 Å². The van der Waals surface area contributed by atoms with E-state index < -0.39 is 42.1 Å². The molecule has 0 saturated carbocycles. The van der Waals surface area contributed by atoms with E-state index >= 15 is 0 Å². The number of ether oxygens (including phenoxy) is 3. The van der Waals surface area contributed by atoms with Crippen molar-refractivity contribution in [3.63, 3.8) is 0 Å². The van der Waals surface area contributed by atoms with Gasteiger partial charge in [-0.15, -0.1) is 0 Å². The summed E-state index contributed by atoms with van der Waals surface area (Å²) in [6.07, 6.45) is 16.8. The molecule has 2 atom stereocenters. The number of amides is 1. The highest BCUT2D eigenvalue weighted by Crippen LogP contribution is 2.26. The number of rotatable bonds is 25. The molecule has 0 bridgehead atoms. The van der Waals surface area contributed by atoms with Crippen LogP contribution in [0.25, 0.3) is 0 Å². The quantitative estimate of drug-likeness (QED) is 0.0533. The number of nitrogens with one attached hydrogen (secondary N) is 1. The van der Waals surface area contributed by atoms with Crippen LogP contribution in [-0.2, 0) is 19.0 Å². The normalized spacial score (nSPS) is 12.7. The average Bonchev–Trinajstić information content (AvgIpc) is 3.17. The summed E-state index contributed by atoms with van der Waals surface area (Å²) < 4.78 is 17.0. The molecule has 0 heterocycles. The van der Waals surface area contributed by atoms with Gasteiger partial charge in [0.05, 0.1) is 18.2 Å². The molecule has 0 spiro atoms. The molecule has 0 saturated heterocycles. The smallest absolute Gasteiger partial charge is 0.339 e. The van der Waals surface area contributed by atoms with Gasteiger partial charge >= 0.3 is 17.9 Å². The van der Waals surface area contributed by atoms with Crippen molar-refractivity contribution in [3.05, 3.63) is 108 Å². The summed E-state index contributed by atoms with van der Waals surface area (Å²) in [4.78, 5) is 54.1. The number of benzene rings is 3. The minimum Gasteiger partial charge on any atom is -0.467 e. The van der Waals surface area contributed by atoms with Gasteiger partial charge in [0, 0.05) is 5.56 Å². The number of carbonyl (C=O) groups excluding carboxylic acids is 4. The van der Waals surface area contributed by atoms with Crippen LogP contribution < -0.4 is 5.32 Å². The summed E-state index contributed by atoms with van der Waals surface area (Å²) >= 11 is 0. The summed E-state index contributed by atoms with van der Waals surface area (Å²) in [5, 5.41) is 2.80. The molecule has 0 aliphatic carbocycles. The van der Waals surface area contributed by atoms with Crippen molar-refractivity contribution in [1.82, 2.24) is 5.32 Å². The molecule has 8 nitrogen and oxygen atoms in total. The van der Waals surface area contributed by atoms with Gasteiger partial charge in [-0.25, -0.2) is 14.4 Å². The highest BCUT2D eigenvalue weighted by molar-refractivity contribution is 5.99. The van der Waals surface area contributed by atoms with E-state index in [2.05, 4.69) is 12.2 Å². The third kappa shape index (κ3) is 14.4. The molecule has 0 aliphatic rings. The molecule has 3 aromatic carbocycles. The lowest BCUT2D eigenvalue weighted by molar-refractivity contribution is -0.156. The van der Waals surface area contributed by atoms with Crippen LogP contribution in [0.3, 0.4) is 0 Å². The summed E-state index contributed by atoms with van der Waals surface area (Å²) in [7, 11) is 1.19. The molecular weight excluding hydrogens is 642 g/mol. The van der Waals surface area contributed by atoms with Gasteiger partial charge in [0.25, 0.3) is 5.91 Å². The first kappa shape index (κ1) is 41.0. The first-order valence-corrected chi connectivity index (χ1v) is 18.9. The molecule has 51 heavy (non-hydrogen) atoms. The Labute approximate surface area is 304 Å². The first-order chi connectivity index (χ1) is 24.9. The van der Waals surface area contributed by atoms with E-state index in [1.54, 1.807) is 91.0 Å². The topological polar surface area (TPSA) is 108 Å². The standard InChI is InChI=1S/C43H57NO7/c1-3-4-5-6-7-8-9-10-11-12-13-14-15-16-26-33-38(51-41(47)37-31-24-19-25-32-37)43(42(48)49-2,44-39(45)35-27-20-17-21-28-35)34-50-40(46)36-29-22-18-23-30-36/h17-25,27-32,38H,3-16,26,33-34H2,1-2H3,(H,44,45)/t38-,43+/m0/s1. The fraction of sp³-hybridized carbons (Fsp3) is 0.488. The van der Waals surface area contributed by atoms with E-state index in [-0.39, 0.29) is 23.1 Å². The third-order valence-corrected chi connectivity index (χ3v) is 9.24. The van der Waals surface area contributed by atoms with Gasteiger partial charge < -0.3 is 19.5 Å². The number of methoxy groups -OCH3 is 1. The molecule has 0 aliphatic heterocycles. The second-order valence-corrected chi connectivity index (χ2v) is 13.2. The van der Waals surface area contributed by atoms with Crippen LogP contribution in [-0.4, -0.2) is 49.2 Å². The minimum atomic E-state index is -2.04. The maximum Gasteiger partial charge on any atom is 0.339 e. The maximum absolute atomic E-state index is 13.9. The first-order valence-electron chi connectivity index (χ1n) is 18.9. The summed E-state index contributed by atoms with van der Waals surface area (Å²) in [5.74, 6) is -2.86. The van der Waals surface area contributed by atoms with E-state index in [4.69, 9.17) is 14.2 Å². The van der Waals surface area contributed by atoms with Crippen molar-refractivity contribution in [2.24, 2.45) is 0 Å². The molecule has 0 fully saturated rings. The summed E-state index contributed by atoms with van der Waals surface area (Å²) in [6.45, 7) is 1.64. The number of carbonyl (C=O) groups is 4. The Morgan fingerprint density at radius 2 is 0.980 bits per heavy atom. The predicted octanol–water partition coefficient (Wildman–Crippen LogP) is 9.67. The van der Waals surface area contributed by atoms with Crippen LogP contribution >= 0.6 is 0 Å². The summed E-state index contributed by atoms with van der Waals surface area (Å²) in [5.41, 5.74) is -1.20. The van der Waals surface area contributed by atoms with Crippen molar-refractivity contribution >= 4 is 23.8 Å². The Balaban J connectivity index is 1.72. The molecule has 1 N–H and O–H groups in total. The molecule has 8 heteroatoms. The number of esters is 3. The lowest BCUT2D eigenvalue weighted by Crippen LogP contribution is -2.66. The average molecular weight is 700 g/mol. The van der Waals surface area contributed by atoms with Gasteiger partial charge in [-0.3, -0.25) is 4.79 Å². The molecular formula is C43H57NO7. The molecule has 3 aromatic rings. The van der Waals surface area contributed by atoms with Crippen LogP contribution in [0.15, 0.2) is 91.0 Å². The Morgan fingerprint density at radius 1 is 0.569 bits per heavy atom. The van der Waals surface area contributed by atoms with Gasteiger partial charge in [-0.2, -0.15) is 0 Å². The van der Waals surface area contributed by atoms with Gasteiger partial charge in [-0.05, 0) is 49.2 Å². The molecule has 1 amide bonds. The molecule has 0 radical (unpaired) electrons. The van der Waals surface area contributed by atoms with Crippen molar-refractivity contribution < 1.29 is 33.4 Å². The minimum absolute atomic E-state index is 0.226. The van der Waals surface area contributed by atoms with E-state index in [1.165, 1.54) is 71.3 Å². The van der Waals surface area contributed by atoms with Gasteiger partial charge in [0.15, 0.2) is 0 Å². The zero-order chi connectivity index (χ0) is 36.6. The van der Waals surface area contributed by atoms with E-state index in [9.17, 15) is 19.2 Å². The Hall–Kier alpha value is -4.46. The van der Waals surface area contributed by atoms with Crippen LogP contribution in [0.5, 0.6) is 0 Å². The monoisotopic (exact) mass is 699 g/mol. The lowest BCUT2D eigenvalue weighted by atomic mass is 9.88. The SMILES string of the molecule is CCCCCCCCCCCCCCCCC[C@H](OC(=O)c1ccccc1)[C@@](COC(=O)c1ccccc1)(NC(=O)c1ccccc1)C(=O)OC. The van der Waals surface area contributed by atoms with Crippen molar-refractivity contribution in [2.45, 2.75) is 121 Å². The predicted molar refractivity (Wildman–Crippen MR) is 201 cm³/mol. The second kappa shape index (κ2) is 23.9. The Kier molecular flexibility index (Phi) is 19.2. The van der Waals surface area contributed by atoms with E-state index in [0.717, 1.165) is 25.7 Å². The second-order valence-electron chi connectivity index (χ2n) is 13.2. The zero-order valence-corrected chi connectivity index (χ0v) is 30.6. The van der Waals surface area contributed by atoms with E-state index in [1.807, 2.05) is 0 Å². The van der Waals surface area contributed by atoms with Crippen molar-refractivity contribution in [2.75, 3.05) is 13.7 Å². The molecule has 3 rings (SSSR count). The van der Waals surface area contributed by atoms with Crippen LogP contribution in [0, 0.1) is 0 Å². The van der Waals surface area contributed by atoms with Gasteiger partial charge in [-0.1, -0.05) is 151 Å². The summed E-state index contributed by atoms with van der Waals surface area (Å²) in [6, 6.07) is 25.2. The van der Waals surface area contributed by atoms with Crippen molar-refractivity contribution in [1.29, 1.82) is 0 Å². The molecule has 0 aromatic heterocycles. The highest BCUT2D eigenvalue weighted by Gasteiger charge is 2.52. The third-order valence-electron chi connectivity index (χ3n) is 9.24. The fourth-order valence-electron chi connectivity index (χ4n) is 6.21. The molecule has 276 valence electrons. The fourth-order valence-corrected chi connectivity index (χ4v) is 6.21. The van der Waals surface area contributed by atoms with Crippen LogP contribution in [0.2, 0.25) is 0 Å². The largest absolute Gasteiger partial charge is 0.467 e. The lowest BCUT2D eigenvalue weighted by Gasteiger charge is -2.37. The van der Waals surface area contributed by atoms with Crippen LogP contribution in [0.1, 0.15) is 141 Å². The number of hydrogen-bond donors (Lipinski definition) is 1. The molecule has 0 unspecified atom stereocenters. The van der Waals surface area contributed by atoms with Crippen molar-refractivity contribution in [3.8, 4) is 0 Å². The highest BCUT2D eigenvalue weighted by atomic mass is 16.6. The van der Waals surface area contributed by atoms with E-state index in [0.29, 0.717) is 6.42 Å². The number of unbranched alkanes of at least 4 members (excludes halogenated alkanes) is 14. The number of hydrogen-bond acceptors (Lipinski definition) is 7.